The fourth-order valence-electron chi connectivity index (χ4n) is 2.43. The summed E-state index contributed by atoms with van der Waals surface area (Å²) in [6.45, 7) is 8.50. The number of nitrogens with zero attached hydrogens (tertiary/aromatic N) is 1. The maximum atomic E-state index is 5.60. The zero-order chi connectivity index (χ0) is 11.8. The van der Waals surface area contributed by atoms with E-state index in [9.17, 15) is 0 Å². The van der Waals surface area contributed by atoms with Crippen LogP contribution in [0.5, 0.6) is 0 Å². The lowest BCUT2D eigenvalue weighted by molar-refractivity contribution is 0.00606. The molecule has 0 aromatic carbocycles. The largest absolute Gasteiger partial charge is 0.380 e. The molecule has 0 aromatic rings. The van der Waals surface area contributed by atoms with Crippen LogP contribution in [0, 0.1) is 0 Å². The van der Waals surface area contributed by atoms with Crippen LogP contribution in [0.2, 0.25) is 0 Å². The van der Waals surface area contributed by atoms with Crippen molar-refractivity contribution in [2.45, 2.75) is 51.6 Å². The van der Waals surface area contributed by atoms with Gasteiger partial charge >= 0.3 is 0 Å². The van der Waals surface area contributed by atoms with Gasteiger partial charge in [0.2, 0.25) is 0 Å². The molecule has 1 aliphatic rings. The molecule has 16 heavy (non-hydrogen) atoms. The lowest BCUT2D eigenvalue weighted by Crippen LogP contribution is -2.54. The van der Waals surface area contributed by atoms with Gasteiger partial charge in [-0.1, -0.05) is 26.7 Å². The minimum absolute atomic E-state index is 0.561. The van der Waals surface area contributed by atoms with E-state index in [4.69, 9.17) is 4.74 Å². The Morgan fingerprint density at radius 1 is 1.31 bits per heavy atom. The second-order valence-corrected chi connectivity index (χ2v) is 4.78. The molecule has 1 aliphatic heterocycles. The van der Waals surface area contributed by atoms with Crippen LogP contribution in [0.3, 0.4) is 0 Å². The fourth-order valence-corrected chi connectivity index (χ4v) is 2.43. The monoisotopic (exact) mass is 228 g/mol. The second-order valence-electron chi connectivity index (χ2n) is 4.78. The fraction of sp³-hybridized carbons (Fsp3) is 1.00. The minimum Gasteiger partial charge on any atom is -0.380 e. The second kappa shape index (κ2) is 8.04. The van der Waals surface area contributed by atoms with Crippen LogP contribution < -0.4 is 5.32 Å². The van der Waals surface area contributed by atoms with Gasteiger partial charge in [0, 0.05) is 18.7 Å². The molecule has 0 bridgehead atoms. The minimum atomic E-state index is 0.561. The maximum Gasteiger partial charge on any atom is 0.0636 e. The molecule has 96 valence electrons. The molecule has 0 radical (unpaired) electrons. The predicted molar refractivity (Wildman–Crippen MR) is 68.8 cm³/mol. The van der Waals surface area contributed by atoms with Gasteiger partial charge in [-0.25, -0.2) is 0 Å². The van der Waals surface area contributed by atoms with Gasteiger partial charge < -0.3 is 10.1 Å². The van der Waals surface area contributed by atoms with E-state index in [-0.39, 0.29) is 0 Å². The summed E-state index contributed by atoms with van der Waals surface area (Å²) < 4.78 is 5.60. The Bertz CT molecular complexity index is 173. The number of hydrogen-bond donors (Lipinski definition) is 1. The van der Waals surface area contributed by atoms with Crippen molar-refractivity contribution in [1.29, 1.82) is 0 Å². The Labute approximate surface area is 101 Å². The van der Waals surface area contributed by atoms with Gasteiger partial charge in [-0.2, -0.15) is 0 Å². The van der Waals surface area contributed by atoms with Crippen molar-refractivity contribution in [3.05, 3.63) is 0 Å². The van der Waals surface area contributed by atoms with Crippen LogP contribution in [0.15, 0.2) is 0 Å². The number of nitrogens with one attached hydrogen (secondary N) is 1. The van der Waals surface area contributed by atoms with Crippen molar-refractivity contribution in [2.24, 2.45) is 0 Å². The molecule has 0 amide bonds. The van der Waals surface area contributed by atoms with Crippen molar-refractivity contribution in [2.75, 3.05) is 33.4 Å². The number of likely N-dealkylation sites (N-methyl/N-ethyl adjacent to an activating group) is 2. The maximum absolute atomic E-state index is 5.60. The zero-order valence-electron chi connectivity index (χ0n) is 11.2. The lowest BCUT2D eigenvalue weighted by Gasteiger charge is -2.38. The van der Waals surface area contributed by atoms with Crippen molar-refractivity contribution in [3.63, 3.8) is 0 Å². The summed E-state index contributed by atoms with van der Waals surface area (Å²) >= 11 is 0. The van der Waals surface area contributed by atoms with Crippen LogP contribution in [0.1, 0.15) is 39.5 Å². The van der Waals surface area contributed by atoms with E-state index in [1.165, 1.54) is 25.8 Å². The third kappa shape index (κ3) is 4.40. The highest BCUT2D eigenvalue weighted by molar-refractivity contribution is 4.85. The number of ether oxygens (including phenoxy) is 1. The summed E-state index contributed by atoms with van der Waals surface area (Å²) in [4.78, 5) is 2.47. The first kappa shape index (κ1) is 13.9. The van der Waals surface area contributed by atoms with E-state index in [1.807, 2.05) is 0 Å². The SMILES string of the molecule is CCCCCN(C)C1COCCC1NCC. The summed E-state index contributed by atoms with van der Waals surface area (Å²) in [6, 6.07) is 1.18. The summed E-state index contributed by atoms with van der Waals surface area (Å²) in [5.74, 6) is 0. The highest BCUT2D eigenvalue weighted by Crippen LogP contribution is 2.14. The molecule has 2 unspecified atom stereocenters. The first-order valence-electron chi connectivity index (χ1n) is 6.81. The zero-order valence-corrected chi connectivity index (χ0v) is 11.2. The number of unbranched alkanes of at least 4 members (excludes halogenated alkanes) is 2. The van der Waals surface area contributed by atoms with Crippen LogP contribution in [-0.4, -0.2) is 50.3 Å². The smallest absolute Gasteiger partial charge is 0.0636 e. The Balaban J connectivity index is 2.34. The number of hydrogen-bond acceptors (Lipinski definition) is 3. The normalized spacial score (nSPS) is 26.2. The molecule has 1 rings (SSSR count). The third-order valence-electron chi connectivity index (χ3n) is 3.47. The van der Waals surface area contributed by atoms with Crippen molar-refractivity contribution >= 4 is 0 Å². The quantitative estimate of drug-likeness (QED) is 0.673. The van der Waals surface area contributed by atoms with Crippen LogP contribution in [0.25, 0.3) is 0 Å². The lowest BCUT2D eigenvalue weighted by atomic mass is 10.0. The molecule has 2 atom stereocenters. The van der Waals surface area contributed by atoms with Crippen molar-refractivity contribution < 1.29 is 4.74 Å². The Kier molecular flexibility index (Phi) is 7.01. The first-order chi connectivity index (χ1) is 7.79. The van der Waals surface area contributed by atoms with Gasteiger partial charge in [-0.3, -0.25) is 4.90 Å². The predicted octanol–water partition coefficient (Wildman–Crippen LogP) is 1.88. The number of rotatable bonds is 7. The van der Waals surface area contributed by atoms with Crippen LogP contribution in [0.4, 0.5) is 0 Å². The van der Waals surface area contributed by atoms with E-state index in [0.29, 0.717) is 12.1 Å². The third-order valence-corrected chi connectivity index (χ3v) is 3.47. The standard InChI is InChI=1S/C13H28N2O/c1-4-6-7-9-15(3)13-11-16-10-8-12(13)14-5-2/h12-14H,4-11H2,1-3H3. The highest BCUT2D eigenvalue weighted by atomic mass is 16.5. The molecule has 1 saturated heterocycles. The van der Waals surface area contributed by atoms with E-state index >= 15 is 0 Å². The summed E-state index contributed by atoms with van der Waals surface area (Å²) in [5.41, 5.74) is 0. The molecule has 0 saturated carbocycles. The average molecular weight is 228 g/mol. The van der Waals surface area contributed by atoms with Gasteiger partial charge in [0.25, 0.3) is 0 Å². The molecule has 0 spiro atoms. The Hall–Kier alpha value is -0.120. The summed E-state index contributed by atoms with van der Waals surface area (Å²) in [7, 11) is 2.24. The Morgan fingerprint density at radius 3 is 2.81 bits per heavy atom. The summed E-state index contributed by atoms with van der Waals surface area (Å²) in [5, 5.41) is 3.58. The van der Waals surface area contributed by atoms with Gasteiger partial charge in [-0.05, 0) is 33.0 Å². The molecule has 0 aromatic heterocycles. The van der Waals surface area contributed by atoms with E-state index < -0.39 is 0 Å². The molecule has 0 aliphatic carbocycles. The van der Waals surface area contributed by atoms with Crippen LogP contribution >= 0.6 is 0 Å². The van der Waals surface area contributed by atoms with Crippen molar-refractivity contribution in [1.82, 2.24) is 10.2 Å². The van der Waals surface area contributed by atoms with Crippen LogP contribution in [-0.2, 0) is 4.74 Å². The van der Waals surface area contributed by atoms with Gasteiger partial charge in [0.1, 0.15) is 0 Å². The van der Waals surface area contributed by atoms with E-state index in [0.717, 1.165) is 26.2 Å². The highest BCUT2D eigenvalue weighted by Gasteiger charge is 2.27. The summed E-state index contributed by atoms with van der Waals surface area (Å²) in [6.07, 6.45) is 5.09. The molecule has 3 heteroatoms. The Morgan fingerprint density at radius 2 is 2.12 bits per heavy atom. The molecular weight excluding hydrogens is 200 g/mol. The van der Waals surface area contributed by atoms with E-state index in [2.05, 4.69) is 31.1 Å². The molecule has 3 nitrogen and oxygen atoms in total. The van der Waals surface area contributed by atoms with Crippen molar-refractivity contribution in [3.8, 4) is 0 Å². The van der Waals surface area contributed by atoms with Gasteiger partial charge in [0.15, 0.2) is 0 Å². The van der Waals surface area contributed by atoms with E-state index in [1.54, 1.807) is 0 Å². The average Bonchev–Trinajstić information content (AvgIpc) is 2.30. The topological polar surface area (TPSA) is 24.5 Å². The molecule has 1 N–H and O–H groups in total. The van der Waals surface area contributed by atoms with Gasteiger partial charge in [-0.15, -0.1) is 0 Å². The molecule has 1 fully saturated rings. The molecular formula is C13H28N2O. The molecule has 1 heterocycles. The first-order valence-corrected chi connectivity index (χ1v) is 6.81. The van der Waals surface area contributed by atoms with Gasteiger partial charge in [0.05, 0.1) is 6.61 Å².